The Labute approximate surface area is 101 Å². The third-order valence-electron chi connectivity index (χ3n) is 2.62. The zero-order chi connectivity index (χ0) is 12.8. The maximum Gasteiger partial charge on any atom is 0.237 e. The van der Waals surface area contributed by atoms with Crippen LogP contribution in [0.3, 0.4) is 0 Å². The molecule has 1 atom stereocenters. The molecule has 0 aliphatic heterocycles. The molecule has 0 aliphatic carbocycles. The summed E-state index contributed by atoms with van der Waals surface area (Å²) in [6.45, 7) is 4.27. The molecule has 3 N–H and O–H groups in total. The average Bonchev–Trinajstić information content (AvgIpc) is 2.27. The highest BCUT2D eigenvalue weighted by Crippen LogP contribution is 2.04. The standard InChI is InChI=1S/C13H19FN2O/c1-9(2)12(15)13(17)16-7-6-10-4-3-5-11(14)8-10/h3-5,8-9,12H,6-7,15H2,1-2H3,(H,16,17). The Bertz CT molecular complexity index is 379. The van der Waals surface area contributed by atoms with Crippen molar-refractivity contribution >= 4 is 5.91 Å². The van der Waals surface area contributed by atoms with E-state index in [2.05, 4.69) is 5.32 Å². The van der Waals surface area contributed by atoms with Gasteiger partial charge in [-0.05, 0) is 30.0 Å². The van der Waals surface area contributed by atoms with E-state index in [1.54, 1.807) is 6.07 Å². The van der Waals surface area contributed by atoms with Crippen molar-refractivity contribution in [1.82, 2.24) is 5.32 Å². The maximum absolute atomic E-state index is 12.9. The fourth-order valence-corrected chi connectivity index (χ4v) is 1.44. The summed E-state index contributed by atoms with van der Waals surface area (Å²) in [5, 5.41) is 2.75. The summed E-state index contributed by atoms with van der Waals surface area (Å²) >= 11 is 0. The summed E-state index contributed by atoms with van der Waals surface area (Å²) in [4.78, 5) is 11.5. The van der Waals surface area contributed by atoms with Gasteiger partial charge in [-0.25, -0.2) is 4.39 Å². The molecule has 1 rings (SSSR count). The van der Waals surface area contributed by atoms with Gasteiger partial charge in [0, 0.05) is 6.54 Å². The van der Waals surface area contributed by atoms with Crippen LogP contribution in [0, 0.1) is 11.7 Å². The minimum absolute atomic E-state index is 0.115. The Hall–Kier alpha value is -1.42. The maximum atomic E-state index is 12.9. The SMILES string of the molecule is CC(C)C(N)C(=O)NCCc1cccc(F)c1. The van der Waals surface area contributed by atoms with Gasteiger partial charge in [-0.2, -0.15) is 0 Å². The monoisotopic (exact) mass is 238 g/mol. The van der Waals surface area contributed by atoms with E-state index in [0.717, 1.165) is 5.56 Å². The fraction of sp³-hybridized carbons (Fsp3) is 0.462. The number of carbonyl (C=O) groups excluding carboxylic acids is 1. The Morgan fingerprint density at radius 2 is 2.18 bits per heavy atom. The summed E-state index contributed by atoms with van der Waals surface area (Å²) in [6, 6.07) is 5.87. The normalized spacial score (nSPS) is 12.5. The number of hydrogen-bond donors (Lipinski definition) is 2. The zero-order valence-electron chi connectivity index (χ0n) is 10.2. The van der Waals surface area contributed by atoms with Crippen LogP contribution in [0.4, 0.5) is 4.39 Å². The highest BCUT2D eigenvalue weighted by Gasteiger charge is 2.16. The van der Waals surface area contributed by atoms with Gasteiger partial charge in [0.15, 0.2) is 0 Å². The van der Waals surface area contributed by atoms with Gasteiger partial charge >= 0.3 is 0 Å². The molecule has 0 aliphatic rings. The van der Waals surface area contributed by atoms with Crippen molar-refractivity contribution in [3.8, 4) is 0 Å². The van der Waals surface area contributed by atoms with Crippen molar-refractivity contribution in [3.05, 3.63) is 35.6 Å². The molecule has 1 unspecified atom stereocenters. The van der Waals surface area contributed by atoms with E-state index in [1.807, 2.05) is 19.9 Å². The molecule has 1 aromatic rings. The van der Waals surface area contributed by atoms with Gasteiger partial charge in [-0.1, -0.05) is 26.0 Å². The number of hydrogen-bond acceptors (Lipinski definition) is 2. The van der Waals surface area contributed by atoms with Crippen LogP contribution in [-0.4, -0.2) is 18.5 Å². The lowest BCUT2D eigenvalue weighted by Crippen LogP contribution is -2.44. The molecule has 1 aromatic carbocycles. The molecule has 4 heteroatoms. The second-order valence-electron chi connectivity index (χ2n) is 4.44. The first-order valence-electron chi connectivity index (χ1n) is 5.78. The molecule has 0 saturated carbocycles. The molecule has 1 amide bonds. The number of carbonyl (C=O) groups is 1. The van der Waals surface area contributed by atoms with Gasteiger partial charge in [0.1, 0.15) is 5.82 Å². The number of benzene rings is 1. The fourth-order valence-electron chi connectivity index (χ4n) is 1.44. The lowest BCUT2D eigenvalue weighted by atomic mass is 10.0. The number of amides is 1. The molecule has 3 nitrogen and oxygen atoms in total. The van der Waals surface area contributed by atoms with Crippen LogP contribution in [-0.2, 0) is 11.2 Å². The summed E-state index contributed by atoms with van der Waals surface area (Å²) in [6.07, 6.45) is 0.605. The zero-order valence-corrected chi connectivity index (χ0v) is 10.2. The van der Waals surface area contributed by atoms with Crippen LogP contribution in [0.5, 0.6) is 0 Å². The van der Waals surface area contributed by atoms with E-state index in [1.165, 1.54) is 12.1 Å². The van der Waals surface area contributed by atoms with Crippen molar-refractivity contribution in [3.63, 3.8) is 0 Å². The average molecular weight is 238 g/mol. The van der Waals surface area contributed by atoms with Gasteiger partial charge in [0.05, 0.1) is 6.04 Å². The molecule has 0 aromatic heterocycles. The predicted molar refractivity (Wildman–Crippen MR) is 65.9 cm³/mol. The van der Waals surface area contributed by atoms with Crippen molar-refractivity contribution < 1.29 is 9.18 Å². The highest BCUT2D eigenvalue weighted by atomic mass is 19.1. The first-order chi connectivity index (χ1) is 8.00. The number of nitrogens with two attached hydrogens (primary N) is 1. The molecular formula is C13H19FN2O. The molecular weight excluding hydrogens is 219 g/mol. The minimum atomic E-state index is -0.484. The number of halogens is 1. The van der Waals surface area contributed by atoms with Crippen LogP contribution in [0.2, 0.25) is 0 Å². The largest absolute Gasteiger partial charge is 0.354 e. The van der Waals surface area contributed by atoms with E-state index in [0.29, 0.717) is 13.0 Å². The van der Waals surface area contributed by atoms with Gasteiger partial charge in [0.25, 0.3) is 0 Å². The molecule has 0 saturated heterocycles. The quantitative estimate of drug-likeness (QED) is 0.816. The van der Waals surface area contributed by atoms with Crippen molar-refractivity contribution in [1.29, 1.82) is 0 Å². The molecule has 0 bridgehead atoms. The van der Waals surface area contributed by atoms with E-state index >= 15 is 0 Å². The van der Waals surface area contributed by atoms with Gasteiger partial charge < -0.3 is 11.1 Å². The predicted octanol–water partition coefficient (Wildman–Crippen LogP) is 1.47. The second kappa shape index (κ2) is 6.35. The first kappa shape index (κ1) is 13.6. The Morgan fingerprint density at radius 3 is 2.76 bits per heavy atom. The van der Waals surface area contributed by atoms with Crippen molar-refractivity contribution in [2.45, 2.75) is 26.3 Å². The minimum Gasteiger partial charge on any atom is -0.354 e. The van der Waals surface area contributed by atoms with Crippen molar-refractivity contribution in [2.24, 2.45) is 11.7 Å². The van der Waals surface area contributed by atoms with Crippen LogP contribution in [0.15, 0.2) is 24.3 Å². The molecule has 0 radical (unpaired) electrons. The van der Waals surface area contributed by atoms with Gasteiger partial charge in [-0.15, -0.1) is 0 Å². The molecule has 0 heterocycles. The van der Waals surface area contributed by atoms with Crippen LogP contribution < -0.4 is 11.1 Å². The van der Waals surface area contributed by atoms with E-state index in [4.69, 9.17) is 5.73 Å². The summed E-state index contributed by atoms with van der Waals surface area (Å²) in [7, 11) is 0. The van der Waals surface area contributed by atoms with E-state index in [-0.39, 0.29) is 17.6 Å². The number of nitrogens with one attached hydrogen (secondary N) is 1. The number of rotatable bonds is 5. The Morgan fingerprint density at radius 1 is 1.47 bits per heavy atom. The highest BCUT2D eigenvalue weighted by molar-refractivity contribution is 5.81. The summed E-state index contributed by atoms with van der Waals surface area (Å²) < 4.78 is 12.9. The van der Waals surface area contributed by atoms with Crippen molar-refractivity contribution in [2.75, 3.05) is 6.54 Å². The van der Waals surface area contributed by atoms with E-state index < -0.39 is 6.04 Å². The lowest BCUT2D eigenvalue weighted by molar-refractivity contribution is -0.123. The smallest absolute Gasteiger partial charge is 0.237 e. The Balaban J connectivity index is 2.35. The summed E-state index contributed by atoms with van der Waals surface area (Å²) in [5.74, 6) is -0.298. The topological polar surface area (TPSA) is 55.1 Å². The van der Waals surface area contributed by atoms with Gasteiger partial charge in [-0.3, -0.25) is 4.79 Å². The lowest BCUT2D eigenvalue weighted by Gasteiger charge is -2.15. The van der Waals surface area contributed by atoms with Gasteiger partial charge in [0.2, 0.25) is 5.91 Å². The van der Waals surface area contributed by atoms with Crippen LogP contribution in [0.1, 0.15) is 19.4 Å². The Kier molecular flexibility index (Phi) is 5.10. The molecule has 17 heavy (non-hydrogen) atoms. The first-order valence-corrected chi connectivity index (χ1v) is 5.78. The third kappa shape index (κ3) is 4.53. The molecule has 94 valence electrons. The van der Waals surface area contributed by atoms with Crippen LogP contribution >= 0.6 is 0 Å². The third-order valence-corrected chi connectivity index (χ3v) is 2.62. The summed E-state index contributed by atoms with van der Waals surface area (Å²) in [5.41, 5.74) is 6.56. The van der Waals surface area contributed by atoms with Crippen LogP contribution in [0.25, 0.3) is 0 Å². The van der Waals surface area contributed by atoms with E-state index in [9.17, 15) is 9.18 Å². The molecule has 0 fully saturated rings. The second-order valence-corrected chi connectivity index (χ2v) is 4.44. The molecule has 0 spiro atoms.